The normalized spacial score (nSPS) is 11.4. The summed E-state index contributed by atoms with van der Waals surface area (Å²) in [6.07, 6.45) is -4.53. The molecule has 0 spiro atoms. The van der Waals surface area contributed by atoms with Crippen molar-refractivity contribution in [1.29, 1.82) is 0 Å². The Labute approximate surface area is 106 Å². The molecule has 1 aromatic heterocycles. The van der Waals surface area contributed by atoms with Gasteiger partial charge in [-0.25, -0.2) is 9.78 Å². The lowest BCUT2D eigenvalue weighted by atomic mass is 10.3. The zero-order chi connectivity index (χ0) is 14.6. The van der Waals surface area contributed by atoms with Crippen LogP contribution in [0.2, 0.25) is 0 Å². The van der Waals surface area contributed by atoms with E-state index in [4.69, 9.17) is 15.9 Å². The first-order valence-electron chi connectivity index (χ1n) is 5.17. The van der Waals surface area contributed by atoms with Crippen molar-refractivity contribution in [3.05, 3.63) is 17.8 Å². The molecule has 4 N–H and O–H groups in total. The minimum Gasteiger partial charge on any atom is -0.477 e. The van der Waals surface area contributed by atoms with E-state index in [1.807, 2.05) is 0 Å². The maximum absolute atomic E-state index is 12.4. The largest absolute Gasteiger partial charge is 0.477 e. The molecule has 0 fully saturated rings. The fourth-order valence-corrected chi connectivity index (χ4v) is 1.43. The highest BCUT2D eigenvalue weighted by Gasteiger charge is 2.32. The van der Waals surface area contributed by atoms with E-state index < -0.39 is 31.0 Å². The summed E-state index contributed by atoms with van der Waals surface area (Å²) in [6, 6.07) is 2.25. The zero-order valence-corrected chi connectivity index (χ0v) is 9.68. The van der Waals surface area contributed by atoms with Crippen LogP contribution in [-0.2, 0) is 0 Å². The Bertz CT molecular complexity index is 465. The van der Waals surface area contributed by atoms with Gasteiger partial charge in [-0.3, -0.25) is 0 Å². The smallest absolute Gasteiger partial charge is 0.405 e. The number of anilines is 2. The molecular formula is C10H12F3N3O3. The highest BCUT2D eigenvalue weighted by atomic mass is 19.4. The molecule has 0 amide bonds. The van der Waals surface area contributed by atoms with Crippen molar-refractivity contribution in [3.8, 4) is 0 Å². The average Bonchev–Trinajstić information content (AvgIpc) is 2.27. The predicted molar refractivity (Wildman–Crippen MR) is 61.0 cm³/mol. The lowest BCUT2D eigenvalue weighted by Gasteiger charge is -2.25. The Balaban J connectivity index is 3.13. The van der Waals surface area contributed by atoms with E-state index in [0.717, 1.165) is 12.1 Å². The van der Waals surface area contributed by atoms with Crippen LogP contribution in [-0.4, -0.2) is 47.0 Å². The van der Waals surface area contributed by atoms with Crippen LogP contribution in [0, 0.1) is 0 Å². The lowest BCUT2D eigenvalue weighted by molar-refractivity contribution is -0.119. The Morgan fingerprint density at radius 3 is 2.53 bits per heavy atom. The molecule has 0 aliphatic rings. The van der Waals surface area contributed by atoms with Gasteiger partial charge in [-0.15, -0.1) is 0 Å². The maximum atomic E-state index is 12.4. The zero-order valence-electron chi connectivity index (χ0n) is 9.68. The molecular weight excluding hydrogens is 267 g/mol. The molecule has 9 heteroatoms. The van der Waals surface area contributed by atoms with Crippen LogP contribution in [0.3, 0.4) is 0 Å². The lowest BCUT2D eigenvalue weighted by Crippen LogP contribution is -2.37. The van der Waals surface area contributed by atoms with Gasteiger partial charge in [-0.2, -0.15) is 13.2 Å². The molecule has 6 nitrogen and oxygen atoms in total. The third-order valence-corrected chi connectivity index (χ3v) is 2.16. The molecule has 0 bridgehead atoms. The minimum absolute atomic E-state index is 0.0947. The number of aromatic carboxylic acids is 1. The summed E-state index contributed by atoms with van der Waals surface area (Å²) in [5.41, 5.74) is 4.98. The van der Waals surface area contributed by atoms with Crippen molar-refractivity contribution in [1.82, 2.24) is 4.98 Å². The van der Waals surface area contributed by atoms with Gasteiger partial charge in [0.25, 0.3) is 0 Å². The number of alkyl halides is 3. The molecule has 19 heavy (non-hydrogen) atoms. The van der Waals surface area contributed by atoms with Crippen LogP contribution in [0.15, 0.2) is 12.1 Å². The summed E-state index contributed by atoms with van der Waals surface area (Å²) in [7, 11) is 0. The second kappa shape index (κ2) is 5.74. The van der Waals surface area contributed by atoms with Gasteiger partial charge in [0.2, 0.25) is 0 Å². The third kappa shape index (κ3) is 4.28. The average molecular weight is 279 g/mol. The van der Waals surface area contributed by atoms with Crippen LogP contribution in [0.25, 0.3) is 0 Å². The van der Waals surface area contributed by atoms with Gasteiger partial charge in [-0.1, -0.05) is 0 Å². The van der Waals surface area contributed by atoms with Gasteiger partial charge < -0.3 is 20.8 Å². The number of carboxylic acids is 1. The first-order chi connectivity index (χ1) is 8.74. The summed E-state index contributed by atoms with van der Waals surface area (Å²) >= 11 is 0. The second-order valence-corrected chi connectivity index (χ2v) is 3.67. The van der Waals surface area contributed by atoms with Crippen molar-refractivity contribution in [3.63, 3.8) is 0 Å². The molecule has 0 aromatic carbocycles. The number of nitrogens with two attached hydrogens (primary N) is 1. The number of nitrogen functional groups attached to an aromatic ring is 1. The maximum Gasteiger partial charge on any atom is 0.405 e. The predicted octanol–water partition coefficient (Wildman–Crippen LogP) is 0.723. The quantitative estimate of drug-likeness (QED) is 0.734. The highest BCUT2D eigenvalue weighted by Crippen LogP contribution is 2.25. The van der Waals surface area contributed by atoms with E-state index >= 15 is 0 Å². The van der Waals surface area contributed by atoms with Crippen LogP contribution in [0.4, 0.5) is 24.7 Å². The second-order valence-electron chi connectivity index (χ2n) is 3.67. The van der Waals surface area contributed by atoms with Crippen molar-refractivity contribution in [2.75, 3.05) is 30.3 Å². The van der Waals surface area contributed by atoms with Gasteiger partial charge >= 0.3 is 12.1 Å². The van der Waals surface area contributed by atoms with Gasteiger partial charge in [0.05, 0.1) is 12.3 Å². The molecule has 0 radical (unpaired) electrons. The van der Waals surface area contributed by atoms with Crippen LogP contribution < -0.4 is 10.6 Å². The number of hydrogen-bond acceptors (Lipinski definition) is 5. The van der Waals surface area contributed by atoms with Gasteiger partial charge in [0.1, 0.15) is 6.54 Å². The van der Waals surface area contributed by atoms with Crippen LogP contribution in [0.5, 0.6) is 0 Å². The SMILES string of the molecule is Nc1ccc(C(=O)O)nc1N(CCO)CC(F)(F)F. The van der Waals surface area contributed by atoms with E-state index in [2.05, 4.69) is 4.98 Å². The van der Waals surface area contributed by atoms with E-state index in [0.29, 0.717) is 4.90 Å². The number of nitrogens with zero attached hydrogens (tertiary/aromatic N) is 2. The Kier molecular flexibility index (Phi) is 4.54. The summed E-state index contributed by atoms with van der Waals surface area (Å²) in [5, 5.41) is 17.5. The number of carboxylic acid groups (broad SMARTS) is 1. The van der Waals surface area contributed by atoms with Crippen molar-refractivity contribution in [2.45, 2.75) is 6.18 Å². The summed E-state index contributed by atoms with van der Waals surface area (Å²) < 4.78 is 37.2. The number of aromatic nitrogens is 1. The molecule has 106 valence electrons. The van der Waals surface area contributed by atoms with Crippen LogP contribution in [0.1, 0.15) is 10.5 Å². The molecule has 1 heterocycles. The van der Waals surface area contributed by atoms with Crippen molar-refractivity contribution < 1.29 is 28.2 Å². The number of rotatable bonds is 5. The van der Waals surface area contributed by atoms with E-state index in [1.54, 1.807) is 0 Å². The molecule has 1 aromatic rings. The molecule has 0 atom stereocenters. The summed E-state index contributed by atoms with van der Waals surface area (Å²) in [4.78, 5) is 15.0. The topological polar surface area (TPSA) is 99.7 Å². The molecule has 0 aliphatic carbocycles. The number of halogens is 3. The third-order valence-electron chi connectivity index (χ3n) is 2.16. The number of hydrogen-bond donors (Lipinski definition) is 3. The summed E-state index contributed by atoms with van der Waals surface area (Å²) in [6.45, 7) is -2.29. The number of aliphatic hydroxyl groups is 1. The first kappa shape index (κ1) is 15.0. The molecule has 1 rings (SSSR count). The molecule has 0 aliphatic heterocycles. The van der Waals surface area contributed by atoms with Crippen molar-refractivity contribution >= 4 is 17.5 Å². The number of carbonyl (C=O) groups is 1. The standard InChI is InChI=1S/C10H12F3N3O3/c11-10(12,13)5-16(3-4-17)8-6(14)1-2-7(15-8)9(18)19/h1-2,17H,3-5,14H2,(H,18,19). The van der Waals surface area contributed by atoms with E-state index in [9.17, 15) is 18.0 Å². The number of aliphatic hydroxyl groups excluding tert-OH is 1. The molecule has 0 unspecified atom stereocenters. The van der Waals surface area contributed by atoms with E-state index in [1.165, 1.54) is 0 Å². The monoisotopic (exact) mass is 279 g/mol. The number of pyridine rings is 1. The van der Waals surface area contributed by atoms with Gasteiger partial charge in [-0.05, 0) is 12.1 Å². The summed E-state index contributed by atoms with van der Waals surface area (Å²) in [5.74, 6) is -1.69. The van der Waals surface area contributed by atoms with Gasteiger partial charge in [0, 0.05) is 6.54 Å². The van der Waals surface area contributed by atoms with E-state index in [-0.39, 0.29) is 18.1 Å². The Morgan fingerprint density at radius 2 is 2.05 bits per heavy atom. The molecule has 0 saturated heterocycles. The minimum atomic E-state index is -4.53. The highest BCUT2D eigenvalue weighted by molar-refractivity contribution is 5.87. The Morgan fingerprint density at radius 1 is 1.42 bits per heavy atom. The van der Waals surface area contributed by atoms with Crippen molar-refractivity contribution in [2.24, 2.45) is 0 Å². The Hall–Kier alpha value is -2.03. The van der Waals surface area contributed by atoms with Gasteiger partial charge in [0.15, 0.2) is 11.5 Å². The first-order valence-corrected chi connectivity index (χ1v) is 5.17. The molecule has 0 saturated carbocycles. The van der Waals surface area contributed by atoms with Crippen LogP contribution >= 0.6 is 0 Å². The fourth-order valence-electron chi connectivity index (χ4n) is 1.43. The fraction of sp³-hybridized carbons (Fsp3) is 0.400.